The van der Waals surface area contributed by atoms with Crippen LogP contribution in [-0.4, -0.2) is 15.6 Å². The molecule has 0 N–H and O–H groups in total. The molecule has 0 bridgehead atoms. The first-order valence-corrected chi connectivity index (χ1v) is 6.32. The zero-order valence-corrected chi connectivity index (χ0v) is 10.9. The predicted octanol–water partition coefficient (Wildman–Crippen LogP) is 3.03. The Balaban J connectivity index is 2.01. The lowest BCUT2D eigenvalue weighted by Gasteiger charge is -2.04. The quantitative estimate of drug-likeness (QED) is 0.755. The summed E-state index contributed by atoms with van der Waals surface area (Å²) >= 11 is 0. The van der Waals surface area contributed by atoms with Gasteiger partial charge in [0.15, 0.2) is 5.78 Å². The summed E-state index contributed by atoms with van der Waals surface area (Å²) in [6.45, 7) is 4.90. The number of hydrogen-bond acceptors (Lipinski definition) is 2. The number of benzene rings is 1. The summed E-state index contributed by atoms with van der Waals surface area (Å²) in [4.78, 5) is 12.0. The number of aromatic nitrogens is 2. The molecule has 0 radical (unpaired) electrons. The Labute approximate surface area is 107 Å². The summed E-state index contributed by atoms with van der Waals surface area (Å²) in [7, 11) is 0. The van der Waals surface area contributed by atoms with Crippen molar-refractivity contribution in [1.82, 2.24) is 9.78 Å². The highest BCUT2D eigenvalue weighted by atomic mass is 16.1. The number of ketones is 1. The van der Waals surface area contributed by atoms with Crippen LogP contribution in [0.5, 0.6) is 0 Å². The largest absolute Gasteiger partial charge is 0.294 e. The smallest absolute Gasteiger partial charge is 0.163 e. The van der Waals surface area contributed by atoms with Crippen molar-refractivity contribution in [2.45, 2.75) is 33.2 Å². The molecule has 2 aromatic rings. The fourth-order valence-corrected chi connectivity index (χ4v) is 2.08. The third-order valence-corrected chi connectivity index (χ3v) is 2.99. The second-order valence-corrected chi connectivity index (χ2v) is 4.38. The van der Waals surface area contributed by atoms with Gasteiger partial charge in [0.2, 0.25) is 0 Å². The number of Topliss-reactive ketones (excluding diaryl/α,β-unsaturated/α-hetero) is 1. The van der Waals surface area contributed by atoms with Gasteiger partial charge in [-0.25, -0.2) is 0 Å². The van der Waals surface area contributed by atoms with Crippen LogP contribution in [0.4, 0.5) is 0 Å². The van der Waals surface area contributed by atoms with Gasteiger partial charge in [0.05, 0.1) is 5.69 Å². The maximum absolute atomic E-state index is 12.0. The first-order valence-electron chi connectivity index (χ1n) is 6.32. The third-order valence-electron chi connectivity index (χ3n) is 2.99. The SMILES string of the molecule is CCn1nc(C)cc1CCC(=O)c1ccccc1. The Morgan fingerprint density at radius 1 is 1.28 bits per heavy atom. The van der Waals surface area contributed by atoms with Gasteiger partial charge in [0.25, 0.3) is 0 Å². The number of hydrogen-bond donors (Lipinski definition) is 0. The third kappa shape index (κ3) is 2.86. The molecule has 2 rings (SSSR count). The lowest BCUT2D eigenvalue weighted by atomic mass is 10.1. The van der Waals surface area contributed by atoms with Crippen molar-refractivity contribution in [3.8, 4) is 0 Å². The van der Waals surface area contributed by atoms with Gasteiger partial charge in [-0.3, -0.25) is 9.48 Å². The van der Waals surface area contributed by atoms with E-state index in [0.29, 0.717) is 6.42 Å². The number of nitrogens with zero attached hydrogens (tertiary/aromatic N) is 2. The summed E-state index contributed by atoms with van der Waals surface area (Å²) in [5.41, 5.74) is 2.94. The molecule has 1 aromatic heterocycles. The second-order valence-electron chi connectivity index (χ2n) is 4.38. The number of aryl methyl sites for hydroxylation is 3. The highest BCUT2D eigenvalue weighted by molar-refractivity contribution is 5.96. The molecule has 94 valence electrons. The van der Waals surface area contributed by atoms with Crippen molar-refractivity contribution in [3.63, 3.8) is 0 Å². The first kappa shape index (κ1) is 12.6. The molecule has 0 atom stereocenters. The van der Waals surface area contributed by atoms with E-state index in [0.717, 1.165) is 29.9 Å². The van der Waals surface area contributed by atoms with Gasteiger partial charge >= 0.3 is 0 Å². The van der Waals surface area contributed by atoms with Crippen molar-refractivity contribution in [2.24, 2.45) is 0 Å². The van der Waals surface area contributed by atoms with Gasteiger partial charge in [-0.15, -0.1) is 0 Å². The fourth-order valence-electron chi connectivity index (χ4n) is 2.08. The van der Waals surface area contributed by atoms with E-state index >= 15 is 0 Å². The topological polar surface area (TPSA) is 34.9 Å². The van der Waals surface area contributed by atoms with Crippen LogP contribution in [0.2, 0.25) is 0 Å². The van der Waals surface area contributed by atoms with E-state index in [1.807, 2.05) is 41.9 Å². The monoisotopic (exact) mass is 242 g/mol. The molecule has 0 fully saturated rings. The maximum Gasteiger partial charge on any atom is 0.163 e. The normalized spacial score (nSPS) is 10.6. The van der Waals surface area contributed by atoms with Crippen molar-refractivity contribution in [2.75, 3.05) is 0 Å². The Hall–Kier alpha value is -1.90. The minimum Gasteiger partial charge on any atom is -0.294 e. The number of carbonyl (C=O) groups is 1. The molecule has 1 heterocycles. The highest BCUT2D eigenvalue weighted by Crippen LogP contribution is 2.10. The Morgan fingerprint density at radius 3 is 2.67 bits per heavy atom. The van der Waals surface area contributed by atoms with Crippen LogP contribution < -0.4 is 0 Å². The molecular weight excluding hydrogens is 224 g/mol. The molecular formula is C15H18N2O. The zero-order chi connectivity index (χ0) is 13.0. The summed E-state index contributed by atoms with van der Waals surface area (Å²) in [6.07, 6.45) is 1.29. The molecule has 3 heteroatoms. The van der Waals surface area contributed by atoms with E-state index < -0.39 is 0 Å². The van der Waals surface area contributed by atoms with Gasteiger partial charge in [-0.1, -0.05) is 30.3 Å². The van der Waals surface area contributed by atoms with Gasteiger partial charge in [0, 0.05) is 24.2 Å². The molecule has 0 aliphatic carbocycles. The van der Waals surface area contributed by atoms with E-state index in [1.165, 1.54) is 0 Å². The molecule has 18 heavy (non-hydrogen) atoms. The van der Waals surface area contributed by atoms with E-state index in [2.05, 4.69) is 18.1 Å². The molecule has 0 aliphatic rings. The van der Waals surface area contributed by atoms with Crippen molar-refractivity contribution in [1.29, 1.82) is 0 Å². The van der Waals surface area contributed by atoms with Gasteiger partial charge in [0.1, 0.15) is 0 Å². The van der Waals surface area contributed by atoms with E-state index in [-0.39, 0.29) is 5.78 Å². The van der Waals surface area contributed by atoms with Crippen LogP contribution in [0.1, 0.15) is 35.1 Å². The van der Waals surface area contributed by atoms with Crippen LogP contribution in [0, 0.1) is 6.92 Å². The summed E-state index contributed by atoms with van der Waals surface area (Å²) in [5.74, 6) is 0.192. The van der Waals surface area contributed by atoms with E-state index in [9.17, 15) is 4.79 Å². The predicted molar refractivity (Wildman–Crippen MR) is 71.7 cm³/mol. The molecule has 0 amide bonds. The first-order chi connectivity index (χ1) is 8.70. The lowest BCUT2D eigenvalue weighted by Crippen LogP contribution is -2.06. The van der Waals surface area contributed by atoms with Crippen LogP contribution in [0.15, 0.2) is 36.4 Å². The average molecular weight is 242 g/mol. The van der Waals surface area contributed by atoms with Gasteiger partial charge in [-0.05, 0) is 26.3 Å². The molecule has 3 nitrogen and oxygen atoms in total. The van der Waals surface area contributed by atoms with Crippen LogP contribution in [-0.2, 0) is 13.0 Å². The van der Waals surface area contributed by atoms with E-state index in [4.69, 9.17) is 0 Å². The molecule has 0 saturated carbocycles. The lowest BCUT2D eigenvalue weighted by molar-refractivity contribution is 0.0982. The van der Waals surface area contributed by atoms with Crippen molar-refractivity contribution in [3.05, 3.63) is 53.3 Å². The van der Waals surface area contributed by atoms with Crippen LogP contribution >= 0.6 is 0 Å². The Kier molecular flexibility index (Phi) is 3.92. The van der Waals surface area contributed by atoms with E-state index in [1.54, 1.807) is 0 Å². The summed E-state index contributed by atoms with van der Waals surface area (Å²) in [5, 5.41) is 4.39. The molecule has 0 unspecified atom stereocenters. The molecule has 0 spiro atoms. The van der Waals surface area contributed by atoms with Crippen LogP contribution in [0.3, 0.4) is 0 Å². The minimum atomic E-state index is 0.192. The highest BCUT2D eigenvalue weighted by Gasteiger charge is 2.09. The number of carbonyl (C=O) groups excluding carboxylic acids is 1. The second kappa shape index (κ2) is 5.63. The number of rotatable bonds is 5. The van der Waals surface area contributed by atoms with Crippen LogP contribution in [0.25, 0.3) is 0 Å². The fraction of sp³-hybridized carbons (Fsp3) is 0.333. The maximum atomic E-state index is 12.0. The standard InChI is InChI=1S/C15H18N2O/c1-3-17-14(11-12(2)16-17)9-10-15(18)13-7-5-4-6-8-13/h4-8,11H,3,9-10H2,1-2H3. The van der Waals surface area contributed by atoms with Crippen molar-refractivity contribution >= 4 is 5.78 Å². The van der Waals surface area contributed by atoms with Crippen molar-refractivity contribution < 1.29 is 4.79 Å². The summed E-state index contributed by atoms with van der Waals surface area (Å²) < 4.78 is 1.97. The van der Waals surface area contributed by atoms with Gasteiger partial charge < -0.3 is 0 Å². The zero-order valence-electron chi connectivity index (χ0n) is 10.9. The minimum absolute atomic E-state index is 0.192. The Bertz CT molecular complexity index is 529. The molecule has 0 saturated heterocycles. The average Bonchev–Trinajstić information content (AvgIpc) is 2.77. The van der Waals surface area contributed by atoms with Gasteiger partial charge in [-0.2, -0.15) is 5.10 Å². The molecule has 1 aromatic carbocycles. The summed E-state index contributed by atoms with van der Waals surface area (Å²) in [6, 6.07) is 11.5. The molecule has 0 aliphatic heterocycles. The Morgan fingerprint density at radius 2 is 2.00 bits per heavy atom.